The van der Waals surface area contributed by atoms with Gasteiger partial charge in [-0.1, -0.05) is 41.7 Å². The molecule has 166 valence electrons. The second-order valence-electron chi connectivity index (χ2n) is 7.37. The van der Waals surface area contributed by atoms with Gasteiger partial charge in [0.1, 0.15) is 28.5 Å². The van der Waals surface area contributed by atoms with Gasteiger partial charge in [-0.3, -0.25) is 4.79 Å². The van der Waals surface area contributed by atoms with Crippen LogP contribution in [0.25, 0.3) is 0 Å². The lowest BCUT2D eigenvalue weighted by Gasteiger charge is -2.26. The molecule has 32 heavy (non-hydrogen) atoms. The van der Waals surface area contributed by atoms with Crippen LogP contribution >= 0.6 is 11.3 Å². The van der Waals surface area contributed by atoms with Crippen molar-refractivity contribution in [2.24, 2.45) is 0 Å². The second-order valence-corrected chi connectivity index (χ2v) is 8.36. The van der Waals surface area contributed by atoms with Crippen LogP contribution < -0.4 is 14.8 Å². The highest BCUT2D eigenvalue weighted by atomic mass is 32.1. The number of aromatic nitrogens is 1. The summed E-state index contributed by atoms with van der Waals surface area (Å²) in [6, 6.07) is 15.1. The first kappa shape index (κ1) is 21.8. The summed E-state index contributed by atoms with van der Waals surface area (Å²) in [6.07, 6.45) is 3.25. The monoisotopic (exact) mass is 452 g/mol. The number of benzene rings is 2. The number of carbonyl (C=O) groups is 2. The average molecular weight is 453 g/mol. The molecule has 2 atom stereocenters. The smallest absolute Gasteiger partial charge is 0.328 e. The lowest BCUT2D eigenvalue weighted by Crippen LogP contribution is -2.39. The minimum atomic E-state index is -0.741. The van der Waals surface area contributed by atoms with E-state index < -0.39 is 17.9 Å². The van der Waals surface area contributed by atoms with Gasteiger partial charge < -0.3 is 19.5 Å². The maximum atomic E-state index is 12.3. The van der Waals surface area contributed by atoms with Gasteiger partial charge in [-0.2, -0.15) is 0 Å². The van der Waals surface area contributed by atoms with E-state index in [-0.39, 0.29) is 12.7 Å². The summed E-state index contributed by atoms with van der Waals surface area (Å²) < 4.78 is 16.9. The fourth-order valence-corrected chi connectivity index (χ4v) is 4.12. The standard InChI is InChI=1S/C24H24N2O5S/c1-3-29-23(28)15(2)26-22(27)21-14-25-24(32-21)30-18-10-12-20-17(13-18)9-11-19(31-20)16-7-5-4-6-8-16/h4-8,10,12-15,19H,3,9,11H2,1-2H3,(H,26,27)/t15-,19-/m0/s1. The molecule has 1 N–H and O–H groups in total. The van der Waals surface area contributed by atoms with Gasteiger partial charge in [0.15, 0.2) is 0 Å². The summed E-state index contributed by atoms with van der Waals surface area (Å²) in [5, 5.41) is 2.95. The van der Waals surface area contributed by atoms with Crippen LogP contribution in [-0.2, 0) is 16.0 Å². The molecular weight excluding hydrogens is 428 g/mol. The van der Waals surface area contributed by atoms with Crippen molar-refractivity contribution in [1.29, 1.82) is 0 Å². The number of ether oxygens (including phenoxy) is 3. The minimum Gasteiger partial charge on any atom is -0.485 e. The van der Waals surface area contributed by atoms with E-state index >= 15 is 0 Å². The Bertz CT molecular complexity index is 1100. The molecule has 4 rings (SSSR count). The van der Waals surface area contributed by atoms with Crippen molar-refractivity contribution < 1.29 is 23.8 Å². The van der Waals surface area contributed by atoms with Crippen molar-refractivity contribution in [3.63, 3.8) is 0 Å². The fraction of sp³-hybridized carbons (Fsp3) is 0.292. The molecule has 2 heterocycles. The maximum Gasteiger partial charge on any atom is 0.328 e. The maximum absolute atomic E-state index is 12.3. The number of esters is 1. The summed E-state index contributed by atoms with van der Waals surface area (Å²) in [5.41, 5.74) is 2.25. The Morgan fingerprint density at radius 2 is 2.06 bits per heavy atom. The summed E-state index contributed by atoms with van der Waals surface area (Å²) in [7, 11) is 0. The highest BCUT2D eigenvalue weighted by Gasteiger charge is 2.22. The van der Waals surface area contributed by atoms with E-state index in [9.17, 15) is 9.59 Å². The largest absolute Gasteiger partial charge is 0.485 e. The highest BCUT2D eigenvalue weighted by Crippen LogP contribution is 2.38. The van der Waals surface area contributed by atoms with Gasteiger partial charge in [-0.15, -0.1) is 0 Å². The molecule has 0 fully saturated rings. The van der Waals surface area contributed by atoms with Gasteiger partial charge in [-0.05, 0) is 56.0 Å². The van der Waals surface area contributed by atoms with E-state index in [1.54, 1.807) is 13.8 Å². The molecule has 0 radical (unpaired) electrons. The molecule has 1 aromatic heterocycles. The minimum absolute atomic E-state index is 0.0486. The van der Waals surface area contributed by atoms with Crippen LogP contribution in [0.2, 0.25) is 0 Å². The topological polar surface area (TPSA) is 86.8 Å². The Labute approximate surface area is 190 Å². The predicted molar refractivity (Wildman–Crippen MR) is 120 cm³/mol. The third-order valence-electron chi connectivity index (χ3n) is 5.05. The zero-order valence-electron chi connectivity index (χ0n) is 17.9. The number of aryl methyl sites for hydroxylation is 1. The van der Waals surface area contributed by atoms with Crippen molar-refractivity contribution in [3.05, 3.63) is 70.7 Å². The molecule has 8 heteroatoms. The van der Waals surface area contributed by atoms with Gasteiger partial charge in [0, 0.05) is 0 Å². The normalized spacial score (nSPS) is 15.8. The van der Waals surface area contributed by atoms with E-state index in [4.69, 9.17) is 14.2 Å². The summed E-state index contributed by atoms with van der Waals surface area (Å²) >= 11 is 1.11. The molecule has 0 aliphatic carbocycles. The van der Waals surface area contributed by atoms with Gasteiger partial charge in [0.05, 0.1) is 12.8 Å². The molecular formula is C24H24N2O5S. The fourth-order valence-electron chi connectivity index (χ4n) is 3.44. The average Bonchev–Trinajstić information content (AvgIpc) is 3.28. The first-order chi connectivity index (χ1) is 15.5. The van der Waals surface area contributed by atoms with E-state index in [2.05, 4.69) is 22.4 Å². The zero-order chi connectivity index (χ0) is 22.5. The molecule has 0 spiro atoms. The summed E-state index contributed by atoms with van der Waals surface area (Å²) in [6.45, 7) is 3.55. The Hall–Kier alpha value is -3.39. The van der Waals surface area contributed by atoms with E-state index in [1.165, 1.54) is 11.8 Å². The van der Waals surface area contributed by atoms with Crippen molar-refractivity contribution >= 4 is 23.2 Å². The molecule has 0 saturated carbocycles. The lowest BCUT2D eigenvalue weighted by molar-refractivity contribution is -0.144. The lowest BCUT2D eigenvalue weighted by atomic mass is 9.97. The first-order valence-corrected chi connectivity index (χ1v) is 11.3. The number of nitrogens with one attached hydrogen (secondary N) is 1. The molecule has 0 bridgehead atoms. The number of rotatable bonds is 7. The van der Waals surface area contributed by atoms with Crippen molar-refractivity contribution in [2.45, 2.75) is 38.8 Å². The number of fused-ring (bicyclic) bond motifs is 1. The number of hydrogen-bond donors (Lipinski definition) is 1. The number of thiazole rings is 1. The van der Waals surface area contributed by atoms with Gasteiger partial charge in [0.25, 0.3) is 11.1 Å². The van der Waals surface area contributed by atoms with Crippen molar-refractivity contribution in [2.75, 3.05) is 6.61 Å². The van der Waals surface area contributed by atoms with E-state index in [1.807, 2.05) is 36.4 Å². The third kappa shape index (κ3) is 5.08. The van der Waals surface area contributed by atoms with Gasteiger partial charge >= 0.3 is 5.97 Å². The van der Waals surface area contributed by atoms with Crippen LogP contribution in [0.4, 0.5) is 0 Å². The van der Waals surface area contributed by atoms with Crippen LogP contribution in [-0.4, -0.2) is 29.5 Å². The Morgan fingerprint density at radius 3 is 2.84 bits per heavy atom. The molecule has 0 unspecified atom stereocenters. The van der Waals surface area contributed by atoms with Crippen LogP contribution in [0.1, 0.15) is 47.2 Å². The van der Waals surface area contributed by atoms with Gasteiger partial charge in [0.2, 0.25) is 0 Å². The quantitative estimate of drug-likeness (QED) is 0.524. The number of nitrogens with zero attached hydrogens (tertiary/aromatic N) is 1. The first-order valence-electron chi connectivity index (χ1n) is 10.5. The van der Waals surface area contributed by atoms with Crippen LogP contribution in [0.15, 0.2) is 54.7 Å². The Morgan fingerprint density at radius 1 is 1.25 bits per heavy atom. The van der Waals surface area contributed by atoms with E-state index in [0.717, 1.165) is 35.5 Å². The van der Waals surface area contributed by atoms with Crippen molar-refractivity contribution in [3.8, 4) is 16.7 Å². The van der Waals surface area contributed by atoms with E-state index in [0.29, 0.717) is 15.8 Å². The Balaban J connectivity index is 1.38. The van der Waals surface area contributed by atoms with Crippen LogP contribution in [0, 0.1) is 0 Å². The number of amides is 1. The second kappa shape index (κ2) is 9.82. The molecule has 2 aromatic carbocycles. The van der Waals surface area contributed by atoms with Crippen molar-refractivity contribution in [1.82, 2.24) is 10.3 Å². The summed E-state index contributed by atoms with van der Waals surface area (Å²) in [4.78, 5) is 28.6. The third-order valence-corrected chi connectivity index (χ3v) is 5.92. The molecule has 1 aliphatic heterocycles. The van der Waals surface area contributed by atoms with Crippen LogP contribution in [0.5, 0.6) is 16.7 Å². The van der Waals surface area contributed by atoms with Crippen LogP contribution in [0.3, 0.4) is 0 Å². The van der Waals surface area contributed by atoms with Gasteiger partial charge in [-0.25, -0.2) is 9.78 Å². The number of hydrogen-bond acceptors (Lipinski definition) is 7. The molecule has 7 nitrogen and oxygen atoms in total. The molecule has 1 amide bonds. The summed E-state index contributed by atoms with van der Waals surface area (Å²) in [5.74, 6) is 0.604. The zero-order valence-corrected chi connectivity index (χ0v) is 18.7. The molecule has 1 aliphatic rings. The highest BCUT2D eigenvalue weighted by molar-refractivity contribution is 7.15. The number of carbonyl (C=O) groups excluding carboxylic acids is 2. The Kier molecular flexibility index (Phi) is 6.70. The predicted octanol–water partition coefficient (Wildman–Crippen LogP) is 4.68. The molecule has 3 aromatic rings. The molecule has 0 saturated heterocycles. The SMILES string of the molecule is CCOC(=O)[C@H](C)NC(=O)c1cnc(Oc2ccc3c(c2)CC[C@@H](c2ccccc2)O3)s1.